The Morgan fingerprint density at radius 3 is 2.59 bits per heavy atom. The second-order valence-corrected chi connectivity index (χ2v) is 5.47. The molecule has 0 radical (unpaired) electrons. The fourth-order valence-electron chi connectivity index (χ4n) is 3.14. The van der Waals surface area contributed by atoms with Crippen molar-refractivity contribution in [3.63, 3.8) is 0 Å². The van der Waals surface area contributed by atoms with Gasteiger partial charge in [0.1, 0.15) is 6.29 Å². The molecule has 17 heavy (non-hydrogen) atoms. The largest absolute Gasteiger partial charge is 0.309 e. The van der Waals surface area contributed by atoms with Crippen molar-refractivity contribution in [2.75, 3.05) is 20.6 Å². The lowest BCUT2D eigenvalue weighted by Crippen LogP contribution is -2.35. The van der Waals surface area contributed by atoms with Gasteiger partial charge in [-0.25, -0.2) is 0 Å². The van der Waals surface area contributed by atoms with Crippen molar-refractivity contribution in [3.05, 3.63) is 35.4 Å². The highest BCUT2D eigenvalue weighted by Crippen LogP contribution is 2.41. The van der Waals surface area contributed by atoms with Crippen molar-refractivity contribution in [2.24, 2.45) is 0 Å². The number of aldehydes is 1. The maximum atomic E-state index is 10.9. The van der Waals surface area contributed by atoms with Crippen LogP contribution in [0.25, 0.3) is 0 Å². The molecule has 1 aromatic carbocycles. The van der Waals surface area contributed by atoms with Gasteiger partial charge in [0.25, 0.3) is 0 Å². The summed E-state index contributed by atoms with van der Waals surface area (Å²) in [5.41, 5.74) is 2.41. The van der Waals surface area contributed by atoms with Crippen molar-refractivity contribution < 1.29 is 4.79 Å². The Hall–Kier alpha value is -1.15. The van der Waals surface area contributed by atoms with Crippen LogP contribution in [0.2, 0.25) is 0 Å². The van der Waals surface area contributed by atoms with E-state index >= 15 is 0 Å². The Balaban J connectivity index is 2.34. The lowest BCUT2D eigenvalue weighted by Gasteiger charge is -2.33. The number of benzene rings is 1. The van der Waals surface area contributed by atoms with Crippen molar-refractivity contribution >= 4 is 6.29 Å². The van der Waals surface area contributed by atoms with Gasteiger partial charge in [0.2, 0.25) is 0 Å². The number of carbonyl (C=O) groups is 1. The molecule has 0 heterocycles. The zero-order valence-corrected chi connectivity index (χ0v) is 10.8. The van der Waals surface area contributed by atoms with Crippen molar-refractivity contribution in [2.45, 2.75) is 31.1 Å². The van der Waals surface area contributed by atoms with Gasteiger partial charge in [-0.1, -0.05) is 31.0 Å². The van der Waals surface area contributed by atoms with Crippen molar-refractivity contribution in [3.8, 4) is 0 Å². The van der Waals surface area contributed by atoms with Crippen LogP contribution in [-0.2, 0) is 5.41 Å². The lowest BCUT2D eigenvalue weighted by molar-refractivity contribution is 0.112. The first kappa shape index (κ1) is 12.3. The molecule has 2 rings (SSSR count). The van der Waals surface area contributed by atoms with Crippen LogP contribution >= 0.6 is 0 Å². The van der Waals surface area contributed by atoms with E-state index in [2.05, 4.69) is 31.1 Å². The van der Waals surface area contributed by atoms with E-state index in [4.69, 9.17) is 0 Å². The molecule has 0 unspecified atom stereocenters. The Labute approximate surface area is 104 Å². The van der Waals surface area contributed by atoms with Crippen LogP contribution in [0.1, 0.15) is 41.6 Å². The zero-order chi connectivity index (χ0) is 12.3. The van der Waals surface area contributed by atoms with Crippen LogP contribution < -0.4 is 0 Å². The summed E-state index contributed by atoms with van der Waals surface area (Å²) >= 11 is 0. The average Bonchev–Trinajstić information content (AvgIpc) is 2.78. The number of rotatable bonds is 4. The minimum atomic E-state index is 0.266. The topological polar surface area (TPSA) is 20.3 Å². The Kier molecular flexibility index (Phi) is 3.63. The normalized spacial score (nSPS) is 18.5. The third-order valence-electron chi connectivity index (χ3n) is 3.81. The van der Waals surface area contributed by atoms with Gasteiger partial charge in [0.15, 0.2) is 0 Å². The van der Waals surface area contributed by atoms with Gasteiger partial charge in [0.05, 0.1) is 0 Å². The minimum Gasteiger partial charge on any atom is -0.309 e. The van der Waals surface area contributed by atoms with E-state index in [1.165, 1.54) is 31.2 Å². The molecule has 2 nitrogen and oxygen atoms in total. The fourth-order valence-corrected chi connectivity index (χ4v) is 3.14. The molecule has 0 N–H and O–H groups in total. The molecule has 0 aliphatic heterocycles. The summed E-state index contributed by atoms with van der Waals surface area (Å²) in [6, 6.07) is 8.15. The molecule has 2 heteroatoms. The van der Waals surface area contributed by atoms with Crippen LogP contribution in [-0.4, -0.2) is 31.8 Å². The van der Waals surface area contributed by atoms with E-state index in [-0.39, 0.29) is 5.41 Å². The van der Waals surface area contributed by atoms with Crippen molar-refractivity contribution in [1.82, 2.24) is 4.90 Å². The van der Waals surface area contributed by atoms with Crippen LogP contribution in [0.5, 0.6) is 0 Å². The van der Waals surface area contributed by atoms with Crippen LogP contribution in [0.3, 0.4) is 0 Å². The van der Waals surface area contributed by atoms with Gasteiger partial charge in [-0.2, -0.15) is 0 Å². The predicted octanol–water partition coefficient (Wildman–Crippen LogP) is 2.87. The maximum absolute atomic E-state index is 10.9. The summed E-state index contributed by atoms with van der Waals surface area (Å²) in [6.07, 6.45) is 6.04. The summed E-state index contributed by atoms with van der Waals surface area (Å²) in [4.78, 5) is 13.2. The first-order chi connectivity index (χ1) is 8.16. The van der Waals surface area contributed by atoms with Gasteiger partial charge >= 0.3 is 0 Å². The molecule has 92 valence electrons. The van der Waals surface area contributed by atoms with E-state index in [1.54, 1.807) is 0 Å². The van der Waals surface area contributed by atoms with Gasteiger partial charge in [-0.05, 0) is 38.6 Å². The molecular formula is C15H21NO. The van der Waals surface area contributed by atoms with Crippen LogP contribution in [0.15, 0.2) is 24.3 Å². The first-order valence-corrected chi connectivity index (χ1v) is 6.37. The summed E-state index contributed by atoms with van der Waals surface area (Å²) in [7, 11) is 4.26. The molecule has 0 spiro atoms. The molecule has 1 saturated carbocycles. The second kappa shape index (κ2) is 5.01. The van der Waals surface area contributed by atoms with Gasteiger partial charge < -0.3 is 4.90 Å². The molecule has 1 aliphatic rings. The molecule has 1 fully saturated rings. The standard InChI is InChI=1S/C15H21NO/c1-16(2)12-15(8-3-4-9-15)14-7-5-6-13(10-14)11-17/h5-7,10-11H,3-4,8-9,12H2,1-2H3. The smallest absolute Gasteiger partial charge is 0.150 e. The highest BCUT2D eigenvalue weighted by molar-refractivity contribution is 5.75. The van der Waals surface area contributed by atoms with Gasteiger partial charge in [-0.3, -0.25) is 4.79 Å². The van der Waals surface area contributed by atoms with Gasteiger partial charge in [-0.15, -0.1) is 0 Å². The number of hydrogen-bond acceptors (Lipinski definition) is 2. The summed E-state index contributed by atoms with van der Waals surface area (Å²) in [6.45, 7) is 1.08. The van der Waals surface area contributed by atoms with Crippen LogP contribution in [0.4, 0.5) is 0 Å². The van der Waals surface area contributed by atoms with Crippen molar-refractivity contribution in [1.29, 1.82) is 0 Å². The highest BCUT2D eigenvalue weighted by Gasteiger charge is 2.35. The number of likely N-dealkylation sites (N-methyl/N-ethyl adjacent to an activating group) is 1. The number of nitrogens with zero attached hydrogens (tertiary/aromatic N) is 1. The third-order valence-corrected chi connectivity index (χ3v) is 3.81. The molecule has 0 bridgehead atoms. The average molecular weight is 231 g/mol. The lowest BCUT2D eigenvalue weighted by atomic mass is 9.78. The maximum Gasteiger partial charge on any atom is 0.150 e. The molecule has 0 aromatic heterocycles. The third kappa shape index (κ3) is 2.58. The summed E-state index contributed by atoms with van der Waals surface area (Å²) in [5, 5.41) is 0. The molecule has 1 aliphatic carbocycles. The highest BCUT2D eigenvalue weighted by atomic mass is 16.1. The van der Waals surface area contributed by atoms with E-state index in [0.717, 1.165) is 18.4 Å². The van der Waals surface area contributed by atoms with E-state index in [1.807, 2.05) is 12.1 Å². The number of hydrogen-bond donors (Lipinski definition) is 0. The van der Waals surface area contributed by atoms with E-state index < -0.39 is 0 Å². The molecule has 1 aromatic rings. The summed E-state index contributed by atoms with van der Waals surface area (Å²) < 4.78 is 0. The van der Waals surface area contributed by atoms with Crippen LogP contribution in [0, 0.1) is 0 Å². The van der Waals surface area contributed by atoms with E-state index in [9.17, 15) is 4.79 Å². The Morgan fingerprint density at radius 1 is 1.29 bits per heavy atom. The number of carbonyl (C=O) groups excluding carboxylic acids is 1. The second-order valence-electron chi connectivity index (χ2n) is 5.47. The van der Waals surface area contributed by atoms with Gasteiger partial charge in [0, 0.05) is 17.5 Å². The quantitative estimate of drug-likeness (QED) is 0.743. The minimum absolute atomic E-state index is 0.266. The predicted molar refractivity (Wildman–Crippen MR) is 70.5 cm³/mol. The SMILES string of the molecule is CN(C)CC1(c2cccc(C=O)c2)CCCC1. The summed E-state index contributed by atoms with van der Waals surface area (Å²) in [5.74, 6) is 0. The molecule has 0 atom stereocenters. The fraction of sp³-hybridized carbons (Fsp3) is 0.533. The Bertz CT molecular complexity index is 392. The zero-order valence-electron chi connectivity index (χ0n) is 10.8. The Morgan fingerprint density at radius 2 is 2.00 bits per heavy atom. The molecule has 0 saturated heterocycles. The monoisotopic (exact) mass is 231 g/mol. The molecular weight excluding hydrogens is 210 g/mol. The first-order valence-electron chi connectivity index (χ1n) is 6.37. The molecule has 0 amide bonds. The van der Waals surface area contributed by atoms with E-state index in [0.29, 0.717) is 0 Å².